The summed E-state index contributed by atoms with van der Waals surface area (Å²) in [6, 6.07) is 9.80. The lowest BCUT2D eigenvalue weighted by molar-refractivity contribution is -0.139. The van der Waals surface area contributed by atoms with Crippen molar-refractivity contribution >= 4 is 17.8 Å². The number of hydrogen-bond donors (Lipinski definition) is 2. The van der Waals surface area contributed by atoms with Crippen molar-refractivity contribution in [3.05, 3.63) is 53.6 Å². The number of allylic oxidation sites excluding steroid dienone is 1. The molecule has 0 atom stereocenters. The summed E-state index contributed by atoms with van der Waals surface area (Å²) in [4.78, 5) is 22.7. The maximum absolute atomic E-state index is 11.6. The molecule has 124 valence electrons. The molecule has 0 aliphatic heterocycles. The van der Waals surface area contributed by atoms with Gasteiger partial charge in [-0.3, -0.25) is 9.59 Å². The van der Waals surface area contributed by atoms with E-state index in [9.17, 15) is 19.8 Å². The Morgan fingerprint density at radius 1 is 1.17 bits per heavy atom. The highest BCUT2D eigenvalue weighted by Gasteiger charge is 2.16. The molecule has 0 aromatic heterocycles. The van der Waals surface area contributed by atoms with Crippen molar-refractivity contribution in [2.45, 2.75) is 13.3 Å². The van der Waals surface area contributed by atoms with Crippen LogP contribution in [-0.4, -0.2) is 29.1 Å². The van der Waals surface area contributed by atoms with Gasteiger partial charge in [0.2, 0.25) is 0 Å². The van der Waals surface area contributed by atoms with Gasteiger partial charge in [0.15, 0.2) is 5.78 Å². The Hall–Kier alpha value is -3.08. The Labute approximate surface area is 139 Å². The van der Waals surface area contributed by atoms with Crippen LogP contribution in [-0.2, 0) is 20.7 Å². The van der Waals surface area contributed by atoms with Gasteiger partial charge in [-0.25, -0.2) is 0 Å². The highest BCUT2D eigenvalue weighted by Crippen LogP contribution is 2.37. The molecule has 2 aromatic carbocycles. The van der Waals surface area contributed by atoms with Crippen molar-refractivity contribution in [1.29, 1.82) is 0 Å². The van der Waals surface area contributed by atoms with E-state index in [1.807, 2.05) is 6.07 Å². The maximum atomic E-state index is 11.6. The van der Waals surface area contributed by atoms with Gasteiger partial charge in [0.05, 0.1) is 13.5 Å². The highest BCUT2D eigenvalue weighted by atomic mass is 16.5. The number of ketones is 1. The Morgan fingerprint density at radius 3 is 2.58 bits per heavy atom. The minimum atomic E-state index is -0.478. The van der Waals surface area contributed by atoms with Crippen LogP contribution in [0.2, 0.25) is 0 Å². The molecular formula is C19H18O5. The van der Waals surface area contributed by atoms with Gasteiger partial charge >= 0.3 is 5.97 Å². The predicted octanol–water partition coefficient (Wildman–Crippen LogP) is 3.08. The fraction of sp³-hybridized carbons (Fsp3) is 0.158. The molecule has 2 aromatic rings. The lowest BCUT2D eigenvalue weighted by Crippen LogP contribution is -2.05. The molecule has 0 fully saturated rings. The van der Waals surface area contributed by atoms with Crippen LogP contribution in [0.1, 0.15) is 18.1 Å². The number of phenolic OH excluding ortho intramolecular Hbond substituents is 2. The molecule has 5 heteroatoms. The molecular weight excluding hydrogens is 308 g/mol. The maximum Gasteiger partial charge on any atom is 0.310 e. The molecule has 0 spiro atoms. The largest absolute Gasteiger partial charge is 0.508 e. The van der Waals surface area contributed by atoms with E-state index in [2.05, 4.69) is 4.74 Å². The van der Waals surface area contributed by atoms with Crippen LogP contribution in [0.25, 0.3) is 17.2 Å². The van der Waals surface area contributed by atoms with E-state index in [-0.39, 0.29) is 23.7 Å². The van der Waals surface area contributed by atoms with E-state index >= 15 is 0 Å². The first-order chi connectivity index (χ1) is 11.4. The summed E-state index contributed by atoms with van der Waals surface area (Å²) in [7, 11) is 1.28. The SMILES string of the molecule is COC(=O)Cc1cc(O)cc(O)c1-c1cccc(/C=C/C(C)=O)c1. The fourth-order valence-electron chi connectivity index (χ4n) is 2.38. The third-order valence-corrected chi connectivity index (χ3v) is 3.43. The molecule has 0 unspecified atom stereocenters. The Morgan fingerprint density at radius 2 is 1.92 bits per heavy atom. The van der Waals surface area contributed by atoms with Gasteiger partial charge in [-0.05, 0) is 41.8 Å². The Bertz CT molecular complexity index is 805. The number of rotatable bonds is 5. The predicted molar refractivity (Wildman–Crippen MR) is 90.6 cm³/mol. The number of hydrogen-bond acceptors (Lipinski definition) is 5. The van der Waals surface area contributed by atoms with Crippen molar-refractivity contribution in [3.63, 3.8) is 0 Å². The zero-order valence-electron chi connectivity index (χ0n) is 13.4. The van der Waals surface area contributed by atoms with E-state index in [0.717, 1.165) is 5.56 Å². The molecule has 24 heavy (non-hydrogen) atoms. The normalized spacial score (nSPS) is 10.8. The first-order valence-electron chi connectivity index (χ1n) is 7.31. The average molecular weight is 326 g/mol. The molecule has 2 rings (SSSR count). The minimum absolute atomic E-state index is 0.0701. The van der Waals surface area contributed by atoms with Crippen molar-refractivity contribution in [1.82, 2.24) is 0 Å². The van der Waals surface area contributed by atoms with Crippen LogP contribution in [0, 0.1) is 0 Å². The van der Waals surface area contributed by atoms with Gasteiger partial charge in [0.25, 0.3) is 0 Å². The van der Waals surface area contributed by atoms with Crippen molar-refractivity contribution in [3.8, 4) is 22.6 Å². The molecule has 0 radical (unpaired) electrons. The number of ether oxygens (including phenoxy) is 1. The lowest BCUT2D eigenvalue weighted by Gasteiger charge is -2.12. The summed E-state index contributed by atoms with van der Waals surface area (Å²) in [6.07, 6.45) is 3.04. The molecule has 0 saturated heterocycles. The number of benzene rings is 2. The van der Waals surface area contributed by atoms with Gasteiger partial charge in [-0.1, -0.05) is 24.3 Å². The summed E-state index contributed by atoms with van der Waals surface area (Å²) in [5.74, 6) is -0.822. The van der Waals surface area contributed by atoms with Crippen LogP contribution in [0.4, 0.5) is 0 Å². The van der Waals surface area contributed by atoms with E-state index < -0.39 is 5.97 Å². The van der Waals surface area contributed by atoms with Crippen molar-refractivity contribution in [2.75, 3.05) is 7.11 Å². The molecule has 5 nitrogen and oxygen atoms in total. The number of esters is 1. The molecule has 0 saturated carbocycles. The zero-order chi connectivity index (χ0) is 17.7. The van der Waals surface area contributed by atoms with E-state index in [1.165, 1.54) is 32.2 Å². The van der Waals surface area contributed by atoms with Gasteiger partial charge < -0.3 is 14.9 Å². The second kappa shape index (κ2) is 7.46. The summed E-state index contributed by atoms with van der Waals surface area (Å²) >= 11 is 0. The second-order valence-corrected chi connectivity index (χ2v) is 5.32. The van der Waals surface area contributed by atoms with Crippen LogP contribution < -0.4 is 0 Å². The topological polar surface area (TPSA) is 83.8 Å². The van der Waals surface area contributed by atoms with Crippen LogP contribution in [0.5, 0.6) is 11.5 Å². The van der Waals surface area contributed by atoms with E-state index in [4.69, 9.17) is 0 Å². The second-order valence-electron chi connectivity index (χ2n) is 5.32. The molecule has 0 aliphatic rings. The fourth-order valence-corrected chi connectivity index (χ4v) is 2.38. The Kier molecular flexibility index (Phi) is 5.37. The monoisotopic (exact) mass is 326 g/mol. The molecule has 0 heterocycles. The van der Waals surface area contributed by atoms with Gasteiger partial charge in [-0.2, -0.15) is 0 Å². The number of aromatic hydroxyl groups is 2. The summed E-state index contributed by atoms with van der Waals surface area (Å²) in [6.45, 7) is 1.46. The first-order valence-corrected chi connectivity index (χ1v) is 7.31. The third kappa shape index (κ3) is 4.23. The number of phenols is 2. The molecule has 0 bridgehead atoms. The number of carbonyl (C=O) groups is 2. The Balaban J connectivity index is 2.53. The third-order valence-electron chi connectivity index (χ3n) is 3.43. The number of carbonyl (C=O) groups excluding carboxylic acids is 2. The van der Waals surface area contributed by atoms with Crippen LogP contribution >= 0.6 is 0 Å². The quantitative estimate of drug-likeness (QED) is 0.651. The van der Waals surface area contributed by atoms with Crippen molar-refractivity contribution < 1.29 is 24.5 Å². The lowest BCUT2D eigenvalue weighted by atomic mass is 9.95. The van der Waals surface area contributed by atoms with Gasteiger partial charge in [-0.15, -0.1) is 0 Å². The summed E-state index contributed by atoms with van der Waals surface area (Å²) in [5, 5.41) is 19.9. The number of methoxy groups -OCH3 is 1. The summed E-state index contributed by atoms with van der Waals surface area (Å²) < 4.78 is 4.66. The molecule has 0 amide bonds. The zero-order valence-corrected chi connectivity index (χ0v) is 13.4. The molecule has 0 aliphatic carbocycles. The highest BCUT2D eigenvalue weighted by molar-refractivity contribution is 5.92. The minimum Gasteiger partial charge on any atom is -0.508 e. The summed E-state index contributed by atoms with van der Waals surface area (Å²) in [5.41, 5.74) is 2.33. The van der Waals surface area contributed by atoms with Gasteiger partial charge in [0.1, 0.15) is 11.5 Å². The first kappa shape index (κ1) is 17.3. The standard InChI is InChI=1S/C19H18O5/c1-12(20)6-7-13-4-3-5-14(8-13)19-15(10-18(23)24-2)9-16(21)11-17(19)22/h3-9,11,21-22H,10H2,1-2H3/b7-6+. The molecule has 2 N–H and O–H groups in total. The van der Waals surface area contributed by atoms with E-state index in [0.29, 0.717) is 16.7 Å². The smallest absolute Gasteiger partial charge is 0.310 e. The van der Waals surface area contributed by atoms with E-state index in [1.54, 1.807) is 24.3 Å². The average Bonchev–Trinajstić information content (AvgIpc) is 2.52. The van der Waals surface area contributed by atoms with Crippen LogP contribution in [0.3, 0.4) is 0 Å². The van der Waals surface area contributed by atoms with Crippen LogP contribution in [0.15, 0.2) is 42.5 Å². The van der Waals surface area contributed by atoms with Crippen molar-refractivity contribution in [2.24, 2.45) is 0 Å². The van der Waals surface area contributed by atoms with Gasteiger partial charge in [0, 0.05) is 11.6 Å².